The summed E-state index contributed by atoms with van der Waals surface area (Å²) in [4.78, 5) is 37.6. The number of nitrogens with one attached hydrogen (secondary N) is 1. The number of likely N-dealkylation sites (tertiary alicyclic amines) is 1. The number of methoxy groups -OCH3 is 1. The van der Waals surface area contributed by atoms with Crippen LogP contribution in [0, 0.1) is 0 Å². The molecule has 5 rings (SSSR count). The fourth-order valence-electron chi connectivity index (χ4n) is 5.06. The lowest BCUT2D eigenvalue weighted by Crippen LogP contribution is -2.38. The van der Waals surface area contributed by atoms with E-state index in [0.29, 0.717) is 26.2 Å². The molecule has 8 heteroatoms. The van der Waals surface area contributed by atoms with Gasteiger partial charge in [0.25, 0.3) is 11.5 Å². The Balaban J connectivity index is 1.27. The third kappa shape index (κ3) is 4.17. The van der Waals surface area contributed by atoms with Crippen molar-refractivity contribution in [2.24, 2.45) is 0 Å². The molecule has 1 N–H and O–H groups in total. The topological polar surface area (TPSA) is 87.8 Å². The van der Waals surface area contributed by atoms with Gasteiger partial charge < -0.3 is 19.4 Å². The van der Waals surface area contributed by atoms with Gasteiger partial charge in [-0.25, -0.2) is 4.98 Å². The molecule has 8 nitrogen and oxygen atoms in total. The van der Waals surface area contributed by atoms with Gasteiger partial charge in [-0.3, -0.25) is 14.5 Å². The van der Waals surface area contributed by atoms with Gasteiger partial charge in [0, 0.05) is 57.2 Å². The Labute approximate surface area is 187 Å². The molecule has 2 fully saturated rings. The van der Waals surface area contributed by atoms with Gasteiger partial charge in [0.1, 0.15) is 17.7 Å². The van der Waals surface area contributed by atoms with Crippen LogP contribution in [0.1, 0.15) is 47.8 Å². The number of aromatic nitrogens is 2. The number of para-hydroxylation sites is 1. The molecule has 2 saturated heterocycles. The summed E-state index contributed by atoms with van der Waals surface area (Å²) in [5.41, 5.74) is 2.70. The van der Waals surface area contributed by atoms with Crippen LogP contribution in [-0.4, -0.2) is 65.1 Å². The van der Waals surface area contributed by atoms with E-state index in [1.807, 2.05) is 23.1 Å². The lowest BCUT2D eigenvalue weighted by molar-refractivity contribution is -0.139. The Morgan fingerprint density at radius 2 is 2.16 bits per heavy atom. The highest BCUT2D eigenvalue weighted by Gasteiger charge is 2.35. The lowest BCUT2D eigenvalue weighted by Gasteiger charge is -2.28. The van der Waals surface area contributed by atoms with E-state index >= 15 is 0 Å². The molecule has 1 aromatic heterocycles. The Bertz CT molecular complexity index is 1050. The quantitative estimate of drug-likeness (QED) is 0.766. The van der Waals surface area contributed by atoms with Crippen molar-refractivity contribution in [3.05, 3.63) is 57.3 Å². The summed E-state index contributed by atoms with van der Waals surface area (Å²) in [5.74, 6) is 1.74. The van der Waals surface area contributed by atoms with Crippen LogP contribution in [0.3, 0.4) is 0 Å². The van der Waals surface area contributed by atoms with Gasteiger partial charge in [-0.1, -0.05) is 18.2 Å². The standard InChI is InChI=1S/C24H30N4O4/c1-31-20-6-3-2-5-16(20)13-27-10-9-19-18(15-27)23(29)26-22(25-19)17-8-11-28(14-17)24(30)21-7-4-12-32-21/h2-3,5-6,17,21H,4,7-15H2,1H3,(H,25,26,29)/t17-,21+/m1/s1. The number of fused-ring (bicyclic) bond motifs is 1. The molecular formula is C24H30N4O4. The molecule has 1 amide bonds. The fraction of sp³-hybridized carbons (Fsp3) is 0.542. The van der Waals surface area contributed by atoms with Gasteiger partial charge in [0.2, 0.25) is 0 Å². The second-order valence-corrected chi connectivity index (χ2v) is 8.92. The summed E-state index contributed by atoms with van der Waals surface area (Å²) in [7, 11) is 1.68. The molecule has 3 aliphatic rings. The number of carbonyl (C=O) groups is 1. The maximum atomic E-state index is 12.9. The predicted molar refractivity (Wildman–Crippen MR) is 119 cm³/mol. The highest BCUT2D eigenvalue weighted by Crippen LogP contribution is 2.28. The van der Waals surface area contributed by atoms with E-state index in [-0.39, 0.29) is 23.5 Å². The van der Waals surface area contributed by atoms with Crippen molar-refractivity contribution in [1.82, 2.24) is 19.8 Å². The third-order valence-electron chi connectivity index (χ3n) is 6.84. The highest BCUT2D eigenvalue weighted by molar-refractivity contribution is 5.81. The smallest absolute Gasteiger partial charge is 0.255 e. The van der Waals surface area contributed by atoms with E-state index < -0.39 is 0 Å². The molecule has 0 radical (unpaired) electrons. The molecule has 0 aliphatic carbocycles. The molecular weight excluding hydrogens is 408 g/mol. The Hall–Kier alpha value is -2.71. The molecule has 170 valence electrons. The zero-order valence-electron chi connectivity index (χ0n) is 18.5. The molecule has 32 heavy (non-hydrogen) atoms. The first-order valence-electron chi connectivity index (χ1n) is 11.5. The summed E-state index contributed by atoms with van der Waals surface area (Å²) in [6.07, 6.45) is 3.02. The van der Waals surface area contributed by atoms with Crippen molar-refractivity contribution in [2.45, 2.75) is 50.8 Å². The first-order chi connectivity index (χ1) is 15.6. The van der Waals surface area contributed by atoms with E-state index in [4.69, 9.17) is 14.5 Å². The van der Waals surface area contributed by atoms with Crippen LogP contribution in [0.5, 0.6) is 5.75 Å². The number of carbonyl (C=O) groups excluding carboxylic acids is 1. The zero-order valence-corrected chi connectivity index (χ0v) is 18.5. The summed E-state index contributed by atoms with van der Waals surface area (Å²) in [6, 6.07) is 7.99. The van der Waals surface area contributed by atoms with Crippen LogP contribution in [0.2, 0.25) is 0 Å². The van der Waals surface area contributed by atoms with Crippen LogP contribution in [0.25, 0.3) is 0 Å². The predicted octanol–water partition coefficient (Wildman–Crippen LogP) is 1.83. The Morgan fingerprint density at radius 3 is 2.97 bits per heavy atom. The summed E-state index contributed by atoms with van der Waals surface area (Å²) in [5, 5.41) is 0. The summed E-state index contributed by atoms with van der Waals surface area (Å²) in [6.45, 7) is 4.10. The average molecular weight is 439 g/mol. The van der Waals surface area contributed by atoms with E-state index in [1.54, 1.807) is 7.11 Å². The number of rotatable bonds is 5. The molecule has 4 heterocycles. The molecule has 3 aliphatic heterocycles. The van der Waals surface area contributed by atoms with Crippen LogP contribution in [0.4, 0.5) is 0 Å². The molecule has 0 spiro atoms. The van der Waals surface area contributed by atoms with Crippen molar-refractivity contribution in [2.75, 3.05) is 33.4 Å². The minimum absolute atomic E-state index is 0.0568. The number of hydrogen-bond donors (Lipinski definition) is 1. The van der Waals surface area contributed by atoms with Crippen LogP contribution < -0.4 is 10.3 Å². The van der Waals surface area contributed by atoms with Gasteiger partial charge in [-0.15, -0.1) is 0 Å². The maximum Gasteiger partial charge on any atom is 0.255 e. The normalized spacial score (nSPS) is 23.3. The van der Waals surface area contributed by atoms with Crippen molar-refractivity contribution >= 4 is 5.91 Å². The van der Waals surface area contributed by atoms with E-state index in [2.05, 4.69) is 16.0 Å². The van der Waals surface area contributed by atoms with E-state index in [0.717, 1.165) is 67.2 Å². The number of aromatic amines is 1. The van der Waals surface area contributed by atoms with Crippen LogP contribution in [0.15, 0.2) is 29.1 Å². The van der Waals surface area contributed by atoms with Crippen LogP contribution >= 0.6 is 0 Å². The number of benzene rings is 1. The first kappa shape index (κ1) is 21.2. The average Bonchev–Trinajstić information content (AvgIpc) is 3.52. The fourth-order valence-corrected chi connectivity index (χ4v) is 5.06. The Kier molecular flexibility index (Phi) is 5.97. The molecule has 0 bridgehead atoms. The van der Waals surface area contributed by atoms with E-state index in [9.17, 15) is 9.59 Å². The zero-order chi connectivity index (χ0) is 22.1. The summed E-state index contributed by atoms with van der Waals surface area (Å²) >= 11 is 0. The number of ether oxygens (including phenoxy) is 2. The van der Waals surface area contributed by atoms with Crippen molar-refractivity contribution in [3.8, 4) is 5.75 Å². The SMILES string of the molecule is COc1ccccc1CN1CCc2nc([C@@H]3CCN(C(=O)[C@@H]4CCCO4)C3)[nH]c(=O)c2C1. The number of amides is 1. The molecule has 1 aromatic carbocycles. The van der Waals surface area contributed by atoms with Gasteiger partial charge in [-0.2, -0.15) is 0 Å². The van der Waals surface area contributed by atoms with Gasteiger partial charge >= 0.3 is 0 Å². The molecule has 0 saturated carbocycles. The second kappa shape index (κ2) is 9.03. The first-order valence-corrected chi connectivity index (χ1v) is 11.5. The number of H-pyrrole nitrogens is 1. The molecule has 2 atom stereocenters. The largest absolute Gasteiger partial charge is 0.496 e. The monoisotopic (exact) mass is 438 g/mol. The minimum atomic E-state index is -0.293. The Morgan fingerprint density at radius 1 is 1.28 bits per heavy atom. The molecule has 0 unspecified atom stereocenters. The van der Waals surface area contributed by atoms with Crippen molar-refractivity contribution in [3.63, 3.8) is 0 Å². The lowest BCUT2D eigenvalue weighted by atomic mass is 10.0. The highest BCUT2D eigenvalue weighted by atomic mass is 16.5. The maximum absolute atomic E-state index is 12.9. The van der Waals surface area contributed by atoms with Gasteiger partial charge in [0.15, 0.2) is 0 Å². The van der Waals surface area contributed by atoms with Crippen molar-refractivity contribution in [1.29, 1.82) is 0 Å². The number of hydrogen-bond acceptors (Lipinski definition) is 6. The van der Waals surface area contributed by atoms with Crippen molar-refractivity contribution < 1.29 is 14.3 Å². The van der Waals surface area contributed by atoms with E-state index in [1.165, 1.54) is 0 Å². The molecule has 2 aromatic rings. The number of nitrogens with zero attached hydrogens (tertiary/aromatic N) is 3. The third-order valence-corrected chi connectivity index (χ3v) is 6.84. The van der Waals surface area contributed by atoms with Crippen LogP contribution in [-0.2, 0) is 29.0 Å². The van der Waals surface area contributed by atoms with Gasteiger partial charge in [0.05, 0.1) is 18.4 Å². The summed E-state index contributed by atoms with van der Waals surface area (Å²) < 4.78 is 11.0. The minimum Gasteiger partial charge on any atom is -0.496 e. The second-order valence-electron chi connectivity index (χ2n) is 8.92. The van der Waals surface area contributed by atoms with Gasteiger partial charge in [-0.05, 0) is 25.3 Å².